The van der Waals surface area contributed by atoms with Gasteiger partial charge in [-0.15, -0.1) is 0 Å². The summed E-state index contributed by atoms with van der Waals surface area (Å²) in [5, 5.41) is 11.4. The van der Waals surface area contributed by atoms with Gasteiger partial charge in [0.15, 0.2) is 0 Å². The molecule has 0 spiro atoms. The largest absolute Gasteiger partial charge is 0.467 e. The van der Waals surface area contributed by atoms with Gasteiger partial charge in [0.25, 0.3) is 5.91 Å². The highest BCUT2D eigenvalue weighted by molar-refractivity contribution is 8.13. The number of carbonyl (C=O) groups excluding carboxylic acids is 3. The first kappa shape index (κ1) is 29.1. The van der Waals surface area contributed by atoms with E-state index < -0.39 is 17.6 Å². The van der Waals surface area contributed by atoms with Crippen LogP contribution in [0, 0.1) is 0 Å². The highest BCUT2D eigenvalue weighted by Gasteiger charge is 2.29. The maximum atomic E-state index is 13.3. The zero-order valence-electron chi connectivity index (χ0n) is 22.1. The Hall–Kier alpha value is -2.43. The monoisotopic (exact) mass is 547 g/mol. The fourth-order valence-corrected chi connectivity index (χ4v) is 5.69. The molecule has 1 fully saturated rings. The van der Waals surface area contributed by atoms with Gasteiger partial charge in [-0.1, -0.05) is 24.3 Å². The van der Waals surface area contributed by atoms with E-state index >= 15 is 0 Å². The summed E-state index contributed by atoms with van der Waals surface area (Å²) in [7, 11) is 1.33. The van der Waals surface area contributed by atoms with E-state index in [1.54, 1.807) is 11.8 Å². The quantitative estimate of drug-likeness (QED) is 0.366. The molecule has 0 aromatic heterocycles. The Bertz CT molecular complexity index is 1110. The van der Waals surface area contributed by atoms with Crippen molar-refractivity contribution in [2.24, 2.45) is 0 Å². The number of ether oxygens (including phenoxy) is 2. The molecule has 1 heterocycles. The smallest absolute Gasteiger partial charge is 0.368 e. The number of esters is 1. The maximum absolute atomic E-state index is 13.3. The molecule has 0 bridgehead atoms. The van der Waals surface area contributed by atoms with E-state index in [1.165, 1.54) is 18.9 Å². The van der Waals surface area contributed by atoms with Crippen LogP contribution in [0.2, 0.25) is 0 Å². The number of fused-ring (bicyclic) bond motifs is 1. The number of benzene rings is 2. The van der Waals surface area contributed by atoms with Gasteiger partial charge in [-0.2, -0.15) is 11.8 Å². The average molecular weight is 548 g/mol. The number of hydrogen-bond acceptors (Lipinski definition) is 9. The number of amides is 1. The minimum Gasteiger partial charge on any atom is -0.467 e. The minimum atomic E-state index is -0.706. The van der Waals surface area contributed by atoms with Crippen molar-refractivity contribution >= 4 is 57.2 Å². The van der Waals surface area contributed by atoms with Crippen LogP contribution in [0.3, 0.4) is 0 Å². The summed E-state index contributed by atoms with van der Waals surface area (Å²) in [6.45, 7) is 6.96. The maximum Gasteiger partial charge on any atom is 0.368 e. The highest BCUT2D eigenvalue weighted by Crippen LogP contribution is 2.27. The van der Waals surface area contributed by atoms with Gasteiger partial charge in [0.05, 0.1) is 7.11 Å². The summed E-state index contributed by atoms with van der Waals surface area (Å²) in [5.74, 6) is -0.0412. The predicted octanol–water partition coefficient (Wildman–Crippen LogP) is 4.68. The minimum absolute atomic E-state index is 0.149. The Morgan fingerprint density at radius 2 is 1.95 bits per heavy atom. The molecule has 8 nitrogen and oxygen atoms in total. The van der Waals surface area contributed by atoms with Gasteiger partial charge >= 0.3 is 11.3 Å². The van der Waals surface area contributed by atoms with Gasteiger partial charge in [0.1, 0.15) is 11.6 Å². The number of rotatable bonds is 10. The lowest BCUT2D eigenvalue weighted by atomic mass is 10.0. The molecule has 1 aliphatic rings. The molecular formula is C27H37N3O5S2. The first-order valence-electron chi connectivity index (χ1n) is 12.4. The number of methoxy groups -OCH3 is 1. The fourth-order valence-electron chi connectivity index (χ4n) is 4.14. The zero-order valence-corrected chi connectivity index (χ0v) is 23.7. The molecule has 3 atom stereocenters. The lowest BCUT2D eigenvalue weighted by Crippen LogP contribution is -2.42. The summed E-state index contributed by atoms with van der Waals surface area (Å²) in [5.41, 5.74) is 0.812. The number of carbonyl (C=O) groups is 3. The van der Waals surface area contributed by atoms with Crippen LogP contribution in [-0.4, -0.2) is 72.3 Å². The number of anilines is 1. The summed E-state index contributed by atoms with van der Waals surface area (Å²) in [4.78, 5) is 37.7. The van der Waals surface area contributed by atoms with Crippen LogP contribution in [0.15, 0.2) is 36.4 Å². The van der Waals surface area contributed by atoms with E-state index in [1.807, 2.05) is 63.4 Å². The van der Waals surface area contributed by atoms with Crippen molar-refractivity contribution in [3.8, 4) is 0 Å². The molecule has 1 saturated heterocycles. The highest BCUT2D eigenvalue weighted by atomic mass is 32.2. The summed E-state index contributed by atoms with van der Waals surface area (Å²) >= 11 is 2.85. The fraction of sp³-hybridized carbons (Fsp3) is 0.519. The Balaban J connectivity index is 1.67. The van der Waals surface area contributed by atoms with E-state index in [2.05, 4.69) is 16.0 Å². The molecule has 0 aliphatic carbocycles. The topological polar surface area (TPSA) is 106 Å². The predicted molar refractivity (Wildman–Crippen MR) is 153 cm³/mol. The van der Waals surface area contributed by atoms with Crippen molar-refractivity contribution in [2.45, 2.75) is 56.5 Å². The number of thioether (sulfide) groups is 2. The van der Waals surface area contributed by atoms with E-state index in [-0.39, 0.29) is 22.5 Å². The Morgan fingerprint density at radius 3 is 2.65 bits per heavy atom. The van der Waals surface area contributed by atoms with E-state index in [0.717, 1.165) is 35.2 Å². The van der Waals surface area contributed by atoms with Gasteiger partial charge in [-0.3, -0.25) is 4.79 Å². The second kappa shape index (κ2) is 13.4. The third-order valence-corrected chi connectivity index (χ3v) is 7.51. The number of nitrogens with one attached hydrogen (secondary N) is 3. The molecule has 0 unspecified atom stereocenters. The summed E-state index contributed by atoms with van der Waals surface area (Å²) in [6.07, 6.45) is 3.27. The van der Waals surface area contributed by atoms with Crippen LogP contribution in [0.1, 0.15) is 44.0 Å². The van der Waals surface area contributed by atoms with Crippen molar-refractivity contribution in [2.75, 3.05) is 37.5 Å². The van der Waals surface area contributed by atoms with Crippen molar-refractivity contribution in [3.63, 3.8) is 0 Å². The molecule has 1 aliphatic heterocycles. The molecule has 2 aromatic rings. The van der Waals surface area contributed by atoms with E-state index in [9.17, 15) is 14.4 Å². The first-order valence-corrected chi connectivity index (χ1v) is 14.6. The van der Waals surface area contributed by atoms with Crippen molar-refractivity contribution in [1.29, 1.82) is 0 Å². The first-order chi connectivity index (χ1) is 17.6. The second-order valence-corrected chi connectivity index (χ2v) is 12.2. The normalized spacial score (nSPS) is 18.3. The van der Waals surface area contributed by atoms with Crippen molar-refractivity contribution in [3.05, 3.63) is 42.0 Å². The number of hydrogen-bond donors (Lipinski definition) is 3. The van der Waals surface area contributed by atoms with Gasteiger partial charge in [-0.25, -0.2) is 9.59 Å². The third kappa shape index (κ3) is 8.83. The second-order valence-electron chi connectivity index (χ2n) is 10.0. The zero-order chi connectivity index (χ0) is 27.0. The van der Waals surface area contributed by atoms with Crippen LogP contribution < -0.4 is 16.0 Å². The van der Waals surface area contributed by atoms with Gasteiger partial charge in [0, 0.05) is 35.6 Å². The van der Waals surface area contributed by atoms with E-state index in [0.29, 0.717) is 18.5 Å². The molecule has 0 saturated carbocycles. The molecule has 10 heteroatoms. The molecule has 2 aromatic carbocycles. The van der Waals surface area contributed by atoms with E-state index in [4.69, 9.17) is 9.47 Å². The average Bonchev–Trinajstić information content (AvgIpc) is 3.29. The molecule has 37 heavy (non-hydrogen) atoms. The van der Waals surface area contributed by atoms with Crippen LogP contribution >= 0.6 is 23.5 Å². The third-order valence-electron chi connectivity index (χ3n) is 5.89. The van der Waals surface area contributed by atoms with Crippen LogP contribution in [0.25, 0.3) is 10.8 Å². The molecule has 3 rings (SSSR count). The SMILES string of the molecule is COC(=O)[C@H](CCSC)NC(=O)c1cc(NC[C@@H]2C[C@H](SC(=O)OC(C)(C)C)CN2)cc2ccccc12. The van der Waals surface area contributed by atoms with Crippen molar-refractivity contribution < 1.29 is 23.9 Å². The standard InChI is InChI=1S/C27H37N3O5S2/c1-27(2,3)35-26(33)37-20-13-19(29-16-20)15-28-18-12-17-8-6-7-9-21(17)22(14-18)24(31)30-23(10-11-36-5)25(32)34-4/h6-9,12,14,19-20,23,28-29H,10-11,13,15-16H2,1-5H3,(H,30,31)/t19-,20-,23-/m0/s1. The summed E-state index contributed by atoms with van der Waals surface area (Å²) in [6, 6.07) is 11.0. The van der Waals surface area contributed by atoms with Crippen molar-refractivity contribution in [1.82, 2.24) is 10.6 Å². The Morgan fingerprint density at radius 1 is 1.19 bits per heavy atom. The molecule has 0 radical (unpaired) electrons. The van der Waals surface area contributed by atoms with Gasteiger partial charge in [-0.05, 0) is 80.3 Å². The lowest BCUT2D eigenvalue weighted by Gasteiger charge is -2.20. The molecule has 1 amide bonds. The van der Waals surface area contributed by atoms with Gasteiger partial charge < -0.3 is 25.4 Å². The molecule has 202 valence electrons. The van der Waals surface area contributed by atoms with Crippen LogP contribution in [-0.2, 0) is 14.3 Å². The van der Waals surface area contributed by atoms with Crippen LogP contribution in [0.5, 0.6) is 0 Å². The molecule has 3 N–H and O–H groups in total. The lowest BCUT2D eigenvalue weighted by molar-refractivity contribution is -0.142. The summed E-state index contributed by atoms with van der Waals surface area (Å²) < 4.78 is 10.3. The van der Waals surface area contributed by atoms with Crippen LogP contribution in [0.4, 0.5) is 10.5 Å². The Labute approximate surface area is 227 Å². The Kier molecular flexibility index (Phi) is 10.5. The van der Waals surface area contributed by atoms with Gasteiger partial charge in [0.2, 0.25) is 0 Å². The molecular weight excluding hydrogens is 510 g/mol.